The minimum Gasteiger partial charge on any atom is -0.497 e. The van der Waals surface area contributed by atoms with Crippen LogP contribution in [0.25, 0.3) is 0 Å². The number of nitrogens with one attached hydrogen (secondary N) is 1. The summed E-state index contributed by atoms with van der Waals surface area (Å²) in [6, 6.07) is 5.89. The molecule has 0 fully saturated rings. The number of rotatable bonds is 4. The monoisotopic (exact) mass is 267 g/mol. The van der Waals surface area contributed by atoms with Gasteiger partial charge in [0.2, 0.25) is 0 Å². The molecule has 0 amide bonds. The molecule has 0 aliphatic heterocycles. The van der Waals surface area contributed by atoms with E-state index in [9.17, 15) is 0 Å². The van der Waals surface area contributed by atoms with Crippen LogP contribution in [0.4, 0.5) is 5.69 Å². The van der Waals surface area contributed by atoms with Crippen molar-refractivity contribution < 1.29 is 9.47 Å². The summed E-state index contributed by atoms with van der Waals surface area (Å²) in [5.74, 6) is 1.65. The molecule has 1 N–H and O–H groups in total. The average Bonchev–Trinajstić information content (AvgIpc) is 2.27. The van der Waals surface area contributed by atoms with Gasteiger partial charge in [0.25, 0.3) is 0 Å². The molecule has 102 valence electrons. The molecule has 1 aromatic rings. The van der Waals surface area contributed by atoms with Gasteiger partial charge >= 0.3 is 0 Å². The molecule has 0 bridgehead atoms. The van der Waals surface area contributed by atoms with Gasteiger partial charge in [0.1, 0.15) is 11.5 Å². The molecule has 0 aliphatic carbocycles. The Balaban J connectivity index is 3.04. The molecular weight excluding hydrogens is 242 g/mol. The van der Waals surface area contributed by atoms with E-state index in [0.717, 1.165) is 17.2 Å². The molecule has 1 aromatic carbocycles. The maximum Gasteiger partial charge on any atom is 0.152 e. The Kier molecular flexibility index (Phi) is 4.32. The van der Waals surface area contributed by atoms with Crippen LogP contribution in [0.1, 0.15) is 20.8 Å². The molecule has 0 atom stereocenters. The van der Waals surface area contributed by atoms with E-state index in [1.54, 1.807) is 14.2 Å². The summed E-state index contributed by atoms with van der Waals surface area (Å²) >= 11 is 0. The number of methoxy groups -OCH3 is 2. The normalized spacial score (nSPS) is 12.2. The van der Waals surface area contributed by atoms with Gasteiger partial charge in [-0.2, -0.15) is 0 Å². The van der Waals surface area contributed by atoms with Crippen LogP contribution in [0, 0.1) is 0 Å². The van der Waals surface area contributed by atoms with Gasteiger partial charge in [0, 0.05) is 6.07 Å². The van der Waals surface area contributed by atoms with Crippen LogP contribution in [0.5, 0.6) is 11.5 Å². The van der Waals surface area contributed by atoms with Gasteiger partial charge in [-0.1, -0.05) is 33.9 Å². The zero-order valence-electron chi connectivity index (χ0n) is 12.5. The van der Waals surface area contributed by atoms with Crippen molar-refractivity contribution in [2.24, 2.45) is 0 Å². The van der Waals surface area contributed by atoms with E-state index >= 15 is 0 Å². The van der Waals surface area contributed by atoms with Crippen molar-refractivity contribution >= 4 is 13.9 Å². The smallest absolute Gasteiger partial charge is 0.152 e. The Bertz CT molecular complexity index is 411. The van der Waals surface area contributed by atoms with Gasteiger partial charge in [-0.05, 0) is 17.2 Å². The Morgan fingerprint density at radius 3 is 2.11 bits per heavy atom. The van der Waals surface area contributed by atoms with Crippen molar-refractivity contribution in [2.75, 3.05) is 19.2 Å². The summed E-state index contributed by atoms with van der Waals surface area (Å²) in [6.07, 6.45) is 0. The van der Waals surface area contributed by atoms with Crippen LogP contribution < -0.4 is 14.5 Å². The van der Waals surface area contributed by atoms with E-state index in [2.05, 4.69) is 38.8 Å². The fraction of sp³-hybridized carbons (Fsp3) is 0.571. The highest BCUT2D eigenvalue weighted by molar-refractivity contribution is 6.83. The molecule has 0 unspecified atom stereocenters. The number of benzene rings is 1. The first kappa shape index (κ1) is 14.9. The van der Waals surface area contributed by atoms with Crippen molar-refractivity contribution in [3.8, 4) is 11.5 Å². The summed E-state index contributed by atoms with van der Waals surface area (Å²) in [5, 5.41) is 0.276. The maximum absolute atomic E-state index is 5.43. The van der Waals surface area contributed by atoms with Crippen LogP contribution in [0.3, 0.4) is 0 Å². The molecular formula is C14H25NO2Si. The van der Waals surface area contributed by atoms with Crippen LogP contribution in [-0.4, -0.2) is 22.5 Å². The highest BCUT2D eigenvalue weighted by Gasteiger charge is 2.36. The summed E-state index contributed by atoms with van der Waals surface area (Å²) in [5.41, 5.74) is 1.05. The standard InChI is InChI=1S/C14H25NO2Si/c1-14(2,3)18(6,7)15-12-9-8-11(16-4)10-13(12)17-5/h8-10,15H,1-7H3. The van der Waals surface area contributed by atoms with Crippen molar-refractivity contribution in [3.05, 3.63) is 18.2 Å². The zero-order chi connectivity index (χ0) is 14.0. The van der Waals surface area contributed by atoms with Crippen molar-refractivity contribution in [1.29, 1.82) is 0 Å². The highest BCUT2D eigenvalue weighted by Crippen LogP contribution is 2.39. The molecule has 0 spiro atoms. The van der Waals surface area contributed by atoms with E-state index in [0.29, 0.717) is 0 Å². The number of anilines is 1. The second-order valence-electron chi connectivity index (χ2n) is 6.07. The first-order valence-electron chi connectivity index (χ1n) is 6.21. The van der Waals surface area contributed by atoms with E-state index in [1.165, 1.54) is 0 Å². The summed E-state index contributed by atoms with van der Waals surface area (Å²) in [6.45, 7) is 11.5. The fourth-order valence-corrected chi connectivity index (χ4v) is 2.68. The lowest BCUT2D eigenvalue weighted by Gasteiger charge is -2.38. The zero-order valence-corrected chi connectivity index (χ0v) is 13.5. The number of ether oxygens (including phenoxy) is 2. The third-order valence-corrected chi connectivity index (χ3v) is 8.38. The summed E-state index contributed by atoms with van der Waals surface area (Å²) in [7, 11) is 1.76. The lowest BCUT2D eigenvalue weighted by Crippen LogP contribution is -2.45. The Hall–Kier alpha value is -1.16. The first-order chi connectivity index (χ1) is 8.21. The van der Waals surface area contributed by atoms with Crippen molar-refractivity contribution in [3.63, 3.8) is 0 Å². The van der Waals surface area contributed by atoms with Crippen LogP contribution in [0.15, 0.2) is 18.2 Å². The Labute approximate surface area is 112 Å². The lowest BCUT2D eigenvalue weighted by molar-refractivity contribution is 0.395. The second kappa shape index (κ2) is 5.22. The maximum atomic E-state index is 5.43. The number of hydrogen-bond donors (Lipinski definition) is 1. The molecule has 0 heterocycles. The predicted octanol–water partition coefficient (Wildman–Crippen LogP) is 4.12. The molecule has 0 saturated carbocycles. The largest absolute Gasteiger partial charge is 0.497 e. The SMILES string of the molecule is COc1ccc(N[Si](C)(C)C(C)(C)C)c(OC)c1. The lowest BCUT2D eigenvalue weighted by atomic mass is 10.2. The fourth-order valence-electron chi connectivity index (χ4n) is 1.43. The molecule has 4 heteroatoms. The number of hydrogen-bond acceptors (Lipinski definition) is 3. The molecule has 0 saturated heterocycles. The van der Waals surface area contributed by atoms with E-state index in [-0.39, 0.29) is 5.04 Å². The van der Waals surface area contributed by atoms with E-state index in [4.69, 9.17) is 9.47 Å². The van der Waals surface area contributed by atoms with E-state index in [1.807, 2.05) is 18.2 Å². The average molecular weight is 267 g/mol. The topological polar surface area (TPSA) is 30.5 Å². The van der Waals surface area contributed by atoms with Gasteiger partial charge in [-0.25, -0.2) is 0 Å². The van der Waals surface area contributed by atoms with Crippen LogP contribution >= 0.6 is 0 Å². The van der Waals surface area contributed by atoms with Crippen LogP contribution in [0.2, 0.25) is 18.1 Å². The highest BCUT2D eigenvalue weighted by atomic mass is 28.3. The van der Waals surface area contributed by atoms with Gasteiger partial charge < -0.3 is 14.5 Å². The third kappa shape index (κ3) is 3.19. The molecule has 1 rings (SSSR count). The van der Waals surface area contributed by atoms with Gasteiger partial charge in [0.15, 0.2) is 8.24 Å². The summed E-state index contributed by atoms with van der Waals surface area (Å²) in [4.78, 5) is 3.69. The molecule has 18 heavy (non-hydrogen) atoms. The van der Waals surface area contributed by atoms with Crippen molar-refractivity contribution in [1.82, 2.24) is 0 Å². The third-order valence-electron chi connectivity index (χ3n) is 3.73. The van der Waals surface area contributed by atoms with Gasteiger partial charge in [-0.15, -0.1) is 0 Å². The quantitative estimate of drug-likeness (QED) is 0.832. The van der Waals surface area contributed by atoms with Crippen molar-refractivity contribution in [2.45, 2.75) is 38.9 Å². The second-order valence-corrected chi connectivity index (χ2v) is 11.1. The molecule has 0 aromatic heterocycles. The predicted molar refractivity (Wildman–Crippen MR) is 80.4 cm³/mol. The minimum absolute atomic E-state index is 0.276. The molecule has 0 radical (unpaired) electrons. The Morgan fingerprint density at radius 2 is 1.67 bits per heavy atom. The summed E-state index contributed by atoms with van der Waals surface area (Å²) < 4.78 is 10.6. The van der Waals surface area contributed by atoms with E-state index < -0.39 is 8.24 Å². The van der Waals surface area contributed by atoms with Gasteiger partial charge in [0.05, 0.1) is 19.9 Å². The molecule has 0 aliphatic rings. The molecule has 3 nitrogen and oxygen atoms in total. The minimum atomic E-state index is -1.59. The van der Waals surface area contributed by atoms with Crippen LogP contribution in [-0.2, 0) is 0 Å². The van der Waals surface area contributed by atoms with Gasteiger partial charge in [-0.3, -0.25) is 0 Å². The first-order valence-corrected chi connectivity index (χ1v) is 9.21. The Morgan fingerprint density at radius 1 is 1.06 bits per heavy atom.